The first kappa shape index (κ1) is 26.3. The average Bonchev–Trinajstić information content (AvgIpc) is 3.21. The van der Waals surface area contributed by atoms with Gasteiger partial charge >= 0.3 is 6.09 Å². The van der Waals surface area contributed by atoms with Crippen molar-refractivity contribution in [3.05, 3.63) is 70.9 Å². The van der Waals surface area contributed by atoms with Crippen molar-refractivity contribution in [3.8, 4) is 0 Å². The summed E-state index contributed by atoms with van der Waals surface area (Å²) in [5.74, 6) is -0.0755. The SMILES string of the molecule is Cc1ccc2[nH]c(C(=O)NCCN(C)CCCc3ccc(CNC(=O)OC(C)(C)C)cc3)cc2c1. The van der Waals surface area contributed by atoms with Crippen molar-refractivity contribution in [3.63, 3.8) is 0 Å². The Bertz CT molecular complexity index is 1130. The van der Waals surface area contributed by atoms with Crippen molar-refractivity contribution >= 4 is 22.9 Å². The van der Waals surface area contributed by atoms with Crippen LogP contribution < -0.4 is 10.6 Å². The lowest BCUT2D eigenvalue weighted by Gasteiger charge is -2.19. The van der Waals surface area contributed by atoms with Crippen molar-refractivity contribution in [2.75, 3.05) is 26.7 Å². The molecule has 0 aliphatic carbocycles. The van der Waals surface area contributed by atoms with Gasteiger partial charge in [-0.25, -0.2) is 4.79 Å². The molecule has 0 unspecified atom stereocenters. The van der Waals surface area contributed by atoms with Crippen LogP contribution in [-0.4, -0.2) is 54.2 Å². The van der Waals surface area contributed by atoms with Gasteiger partial charge in [0.05, 0.1) is 0 Å². The molecule has 0 saturated carbocycles. The van der Waals surface area contributed by atoms with E-state index in [0.717, 1.165) is 42.4 Å². The largest absolute Gasteiger partial charge is 0.444 e. The summed E-state index contributed by atoms with van der Waals surface area (Å²) in [4.78, 5) is 29.7. The molecule has 1 heterocycles. The highest BCUT2D eigenvalue weighted by molar-refractivity contribution is 5.98. The minimum atomic E-state index is -0.497. The molecule has 7 nitrogen and oxygen atoms in total. The number of alkyl carbamates (subject to hydrolysis) is 1. The van der Waals surface area contributed by atoms with E-state index in [-0.39, 0.29) is 5.91 Å². The van der Waals surface area contributed by atoms with Crippen molar-refractivity contribution in [1.82, 2.24) is 20.5 Å². The van der Waals surface area contributed by atoms with Crippen LogP contribution >= 0.6 is 0 Å². The summed E-state index contributed by atoms with van der Waals surface area (Å²) < 4.78 is 5.26. The van der Waals surface area contributed by atoms with E-state index in [0.29, 0.717) is 18.8 Å². The van der Waals surface area contributed by atoms with Gasteiger partial charge in [0.2, 0.25) is 0 Å². The number of H-pyrrole nitrogens is 1. The van der Waals surface area contributed by atoms with E-state index in [1.165, 1.54) is 11.1 Å². The molecule has 3 rings (SSSR count). The molecule has 0 aliphatic rings. The number of aromatic amines is 1. The molecule has 3 aromatic rings. The third-order valence-electron chi connectivity index (χ3n) is 5.66. The summed E-state index contributed by atoms with van der Waals surface area (Å²) in [6.45, 7) is 10.4. The van der Waals surface area contributed by atoms with Crippen molar-refractivity contribution in [1.29, 1.82) is 0 Å². The van der Waals surface area contributed by atoms with Crippen LogP contribution in [0, 0.1) is 6.92 Å². The predicted octanol–water partition coefficient (Wildman–Crippen LogP) is 4.80. The number of hydrogen-bond acceptors (Lipinski definition) is 4. The lowest BCUT2D eigenvalue weighted by molar-refractivity contribution is 0.0523. The van der Waals surface area contributed by atoms with Crippen LogP contribution in [0.25, 0.3) is 10.9 Å². The lowest BCUT2D eigenvalue weighted by Crippen LogP contribution is -2.33. The van der Waals surface area contributed by atoms with Crippen LogP contribution in [-0.2, 0) is 17.7 Å². The summed E-state index contributed by atoms with van der Waals surface area (Å²) in [5, 5.41) is 6.84. The number of fused-ring (bicyclic) bond motifs is 1. The summed E-state index contributed by atoms with van der Waals surface area (Å²) in [6.07, 6.45) is 1.60. The number of nitrogens with one attached hydrogen (secondary N) is 3. The highest BCUT2D eigenvalue weighted by Gasteiger charge is 2.15. The molecule has 0 spiro atoms. The molecule has 0 atom stereocenters. The molecule has 0 radical (unpaired) electrons. The number of ether oxygens (including phenoxy) is 1. The van der Waals surface area contributed by atoms with Crippen LogP contribution in [0.2, 0.25) is 0 Å². The summed E-state index contributed by atoms with van der Waals surface area (Å²) in [6, 6.07) is 16.3. The fourth-order valence-corrected chi connectivity index (χ4v) is 3.81. The molecule has 0 aliphatic heterocycles. The van der Waals surface area contributed by atoms with E-state index in [1.54, 1.807) is 0 Å². The smallest absolute Gasteiger partial charge is 0.407 e. The van der Waals surface area contributed by atoms with E-state index in [4.69, 9.17) is 4.74 Å². The maximum absolute atomic E-state index is 12.5. The minimum absolute atomic E-state index is 0.0755. The molecule has 0 saturated heterocycles. The Kier molecular flexibility index (Phi) is 8.93. The van der Waals surface area contributed by atoms with Gasteiger partial charge in [-0.15, -0.1) is 0 Å². The maximum atomic E-state index is 12.5. The van der Waals surface area contributed by atoms with E-state index in [9.17, 15) is 9.59 Å². The average molecular weight is 479 g/mol. The third-order valence-corrected chi connectivity index (χ3v) is 5.66. The molecule has 2 amide bonds. The second-order valence-electron chi connectivity index (χ2n) is 10.1. The molecule has 0 bridgehead atoms. The molecule has 7 heteroatoms. The summed E-state index contributed by atoms with van der Waals surface area (Å²) in [7, 11) is 2.07. The standard InChI is InChI=1S/C28H38N4O3/c1-20-8-13-24-23(17-20)18-25(31-24)26(33)29-14-16-32(5)15-6-7-21-9-11-22(12-10-21)19-30-27(34)35-28(2,3)4/h8-13,17-18,31H,6-7,14-16,19H2,1-5H3,(H,29,33)(H,30,34). The number of nitrogens with zero attached hydrogens (tertiary/aromatic N) is 1. The normalized spacial score (nSPS) is 11.6. The van der Waals surface area contributed by atoms with Gasteiger partial charge in [-0.2, -0.15) is 0 Å². The number of amides is 2. The fourth-order valence-electron chi connectivity index (χ4n) is 3.81. The highest BCUT2D eigenvalue weighted by Crippen LogP contribution is 2.17. The van der Waals surface area contributed by atoms with Gasteiger partial charge in [-0.1, -0.05) is 35.9 Å². The zero-order valence-electron chi connectivity index (χ0n) is 21.5. The molecule has 35 heavy (non-hydrogen) atoms. The third kappa shape index (κ3) is 8.76. The molecular weight excluding hydrogens is 440 g/mol. The van der Waals surface area contributed by atoms with E-state index in [1.807, 2.05) is 58.0 Å². The van der Waals surface area contributed by atoms with Gasteiger partial charge in [0.15, 0.2) is 0 Å². The van der Waals surface area contributed by atoms with E-state index in [2.05, 4.69) is 45.8 Å². The van der Waals surface area contributed by atoms with Crippen LogP contribution in [0.3, 0.4) is 0 Å². The zero-order valence-corrected chi connectivity index (χ0v) is 21.5. The number of likely N-dealkylation sites (N-methyl/N-ethyl adjacent to an activating group) is 1. The summed E-state index contributed by atoms with van der Waals surface area (Å²) >= 11 is 0. The van der Waals surface area contributed by atoms with Crippen molar-refractivity contribution < 1.29 is 14.3 Å². The monoisotopic (exact) mass is 478 g/mol. The van der Waals surface area contributed by atoms with Gasteiger partial charge < -0.3 is 25.3 Å². The Morgan fingerprint density at radius 1 is 0.971 bits per heavy atom. The zero-order chi connectivity index (χ0) is 25.4. The highest BCUT2D eigenvalue weighted by atomic mass is 16.6. The number of carbonyl (C=O) groups excluding carboxylic acids is 2. The van der Waals surface area contributed by atoms with Gasteiger partial charge in [0, 0.05) is 30.5 Å². The van der Waals surface area contributed by atoms with E-state index >= 15 is 0 Å². The Labute approximate surface area is 208 Å². The minimum Gasteiger partial charge on any atom is -0.444 e. The lowest BCUT2D eigenvalue weighted by atomic mass is 10.1. The number of benzene rings is 2. The topological polar surface area (TPSA) is 86.5 Å². The Balaban J connectivity index is 1.32. The maximum Gasteiger partial charge on any atom is 0.407 e. The molecular formula is C28H38N4O3. The number of carbonyl (C=O) groups is 2. The first-order chi connectivity index (χ1) is 16.6. The second kappa shape index (κ2) is 11.9. The van der Waals surface area contributed by atoms with Crippen molar-refractivity contribution in [2.45, 2.75) is 52.7 Å². The number of rotatable bonds is 10. The predicted molar refractivity (Wildman–Crippen MR) is 141 cm³/mol. The van der Waals surface area contributed by atoms with Gasteiger partial charge in [0.25, 0.3) is 5.91 Å². The fraction of sp³-hybridized carbons (Fsp3) is 0.429. The van der Waals surface area contributed by atoms with E-state index < -0.39 is 11.7 Å². The Morgan fingerprint density at radius 3 is 2.40 bits per heavy atom. The van der Waals surface area contributed by atoms with Crippen LogP contribution in [0.15, 0.2) is 48.5 Å². The molecule has 188 valence electrons. The quantitative estimate of drug-likeness (QED) is 0.391. The Morgan fingerprint density at radius 2 is 1.69 bits per heavy atom. The molecule has 1 aromatic heterocycles. The van der Waals surface area contributed by atoms with Crippen LogP contribution in [0.5, 0.6) is 0 Å². The number of hydrogen-bond donors (Lipinski definition) is 3. The molecule has 2 aromatic carbocycles. The van der Waals surface area contributed by atoms with Crippen LogP contribution in [0.4, 0.5) is 4.79 Å². The first-order valence-electron chi connectivity index (χ1n) is 12.2. The van der Waals surface area contributed by atoms with Crippen LogP contribution in [0.1, 0.15) is 54.4 Å². The van der Waals surface area contributed by atoms with Gasteiger partial charge in [-0.3, -0.25) is 4.79 Å². The molecule has 0 fully saturated rings. The van der Waals surface area contributed by atoms with Gasteiger partial charge in [-0.05, 0) is 83.5 Å². The van der Waals surface area contributed by atoms with Crippen molar-refractivity contribution in [2.24, 2.45) is 0 Å². The number of aryl methyl sites for hydroxylation is 2. The first-order valence-corrected chi connectivity index (χ1v) is 12.2. The second-order valence-corrected chi connectivity index (χ2v) is 10.1. The molecule has 3 N–H and O–H groups in total. The van der Waals surface area contributed by atoms with Gasteiger partial charge in [0.1, 0.15) is 11.3 Å². The summed E-state index contributed by atoms with van der Waals surface area (Å²) in [5.41, 5.74) is 4.56. The Hall–Kier alpha value is -3.32. The number of aromatic nitrogens is 1.